The molecule has 5 nitrogen and oxygen atoms in total. The van der Waals surface area contributed by atoms with Gasteiger partial charge in [-0.05, 0) is 48.7 Å². The molecule has 116 valence electrons. The maximum atomic E-state index is 12.5. The van der Waals surface area contributed by atoms with Crippen molar-refractivity contribution in [1.29, 1.82) is 0 Å². The minimum Gasteiger partial charge on any atom is -0.305 e. The van der Waals surface area contributed by atoms with E-state index in [4.69, 9.17) is 0 Å². The molecule has 0 spiro atoms. The number of amides is 1. The summed E-state index contributed by atoms with van der Waals surface area (Å²) in [5.41, 5.74) is 2.93. The van der Waals surface area contributed by atoms with E-state index in [1.165, 1.54) is 23.8 Å². The summed E-state index contributed by atoms with van der Waals surface area (Å²) in [4.78, 5) is 24.5. The molecule has 3 rings (SSSR count). The van der Waals surface area contributed by atoms with Gasteiger partial charge in [-0.1, -0.05) is 18.2 Å². The number of nitro benzene ring substituents is 1. The molecule has 0 unspecified atom stereocenters. The molecule has 0 aliphatic carbocycles. The third-order valence-corrected chi connectivity index (χ3v) is 3.97. The third-order valence-electron chi connectivity index (χ3n) is 3.97. The molecule has 2 aromatic rings. The fourth-order valence-corrected chi connectivity index (χ4v) is 2.86. The maximum Gasteiger partial charge on any atom is 0.269 e. The van der Waals surface area contributed by atoms with E-state index in [0.717, 1.165) is 17.7 Å². The molecule has 0 saturated carbocycles. The van der Waals surface area contributed by atoms with E-state index >= 15 is 0 Å². The number of para-hydroxylation sites is 1. The summed E-state index contributed by atoms with van der Waals surface area (Å²) < 4.78 is 0. The van der Waals surface area contributed by atoms with Crippen molar-refractivity contribution in [3.05, 3.63) is 75.8 Å². The van der Waals surface area contributed by atoms with Gasteiger partial charge in [0.15, 0.2) is 0 Å². The molecular weight excluding hydrogens is 292 g/mol. The van der Waals surface area contributed by atoms with Crippen LogP contribution < -0.4 is 4.90 Å². The highest BCUT2D eigenvalue weighted by Crippen LogP contribution is 2.32. The van der Waals surface area contributed by atoms with E-state index in [1.54, 1.807) is 23.1 Å². The molecule has 2 aromatic carbocycles. The molecule has 5 heteroatoms. The van der Waals surface area contributed by atoms with Crippen LogP contribution in [-0.2, 0) is 11.2 Å². The highest BCUT2D eigenvalue weighted by atomic mass is 16.6. The third kappa shape index (κ3) is 2.99. The molecule has 0 N–H and O–H groups in total. The normalized spacial score (nSPS) is 16.6. The summed E-state index contributed by atoms with van der Waals surface area (Å²) >= 11 is 0. The molecule has 0 aromatic heterocycles. The molecule has 1 atom stereocenters. The summed E-state index contributed by atoms with van der Waals surface area (Å²) in [6.45, 7) is 2.03. The fourth-order valence-electron chi connectivity index (χ4n) is 2.86. The first-order valence-electron chi connectivity index (χ1n) is 7.40. The van der Waals surface area contributed by atoms with Crippen LogP contribution in [0.5, 0.6) is 0 Å². The topological polar surface area (TPSA) is 63.5 Å². The lowest BCUT2D eigenvalue weighted by molar-refractivity contribution is -0.384. The number of nitrogens with zero attached hydrogens (tertiary/aromatic N) is 2. The largest absolute Gasteiger partial charge is 0.305 e. The standard InChI is InChI=1S/C18H16N2O3/c1-13-12-15-4-2-3-5-17(15)19(13)18(21)11-8-14-6-9-16(10-7-14)20(22)23/h2-11,13H,12H2,1H3/b11-8+/t13-/m1/s1. The van der Waals surface area contributed by atoms with Crippen molar-refractivity contribution in [2.24, 2.45) is 0 Å². The summed E-state index contributed by atoms with van der Waals surface area (Å²) in [7, 11) is 0. The second-order valence-corrected chi connectivity index (χ2v) is 5.57. The molecule has 0 bridgehead atoms. The van der Waals surface area contributed by atoms with E-state index in [2.05, 4.69) is 0 Å². The number of hydrogen-bond acceptors (Lipinski definition) is 3. The van der Waals surface area contributed by atoms with E-state index in [1.807, 2.05) is 31.2 Å². The Labute approximate surface area is 134 Å². The van der Waals surface area contributed by atoms with E-state index in [-0.39, 0.29) is 17.6 Å². The van der Waals surface area contributed by atoms with Crippen LogP contribution in [0.25, 0.3) is 6.08 Å². The van der Waals surface area contributed by atoms with Gasteiger partial charge < -0.3 is 4.90 Å². The van der Waals surface area contributed by atoms with Crippen molar-refractivity contribution in [2.45, 2.75) is 19.4 Å². The first-order valence-corrected chi connectivity index (χ1v) is 7.40. The Morgan fingerprint density at radius 2 is 1.91 bits per heavy atom. The number of fused-ring (bicyclic) bond motifs is 1. The van der Waals surface area contributed by atoms with E-state index in [0.29, 0.717) is 0 Å². The molecule has 1 amide bonds. The lowest BCUT2D eigenvalue weighted by Gasteiger charge is -2.20. The van der Waals surface area contributed by atoms with Gasteiger partial charge in [-0.25, -0.2) is 0 Å². The van der Waals surface area contributed by atoms with Crippen LogP contribution >= 0.6 is 0 Å². The van der Waals surface area contributed by atoms with Gasteiger partial charge in [0, 0.05) is 29.9 Å². The van der Waals surface area contributed by atoms with Crippen LogP contribution in [0.1, 0.15) is 18.1 Å². The zero-order valence-electron chi connectivity index (χ0n) is 12.7. The van der Waals surface area contributed by atoms with Crippen LogP contribution in [0.2, 0.25) is 0 Å². The number of nitro groups is 1. The van der Waals surface area contributed by atoms with Crippen LogP contribution in [-0.4, -0.2) is 16.9 Å². The quantitative estimate of drug-likeness (QED) is 0.494. The zero-order valence-corrected chi connectivity index (χ0v) is 12.7. The molecule has 1 heterocycles. The summed E-state index contributed by atoms with van der Waals surface area (Å²) in [5.74, 6) is -0.0826. The predicted octanol–water partition coefficient (Wildman–Crippen LogP) is 3.59. The van der Waals surface area contributed by atoms with Gasteiger partial charge in [-0.2, -0.15) is 0 Å². The van der Waals surface area contributed by atoms with Gasteiger partial charge in [-0.3, -0.25) is 14.9 Å². The Hall–Kier alpha value is -2.95. The van der Waals surface area contributed by atoms with Gasteiger partial charge in [-0.15, -0.1) is 0 Å². The van der Waals surface area contributed by atoms with Crippen molar-refractivity contribution in [3.8, 4) is 0 Å². The number of carbonyl (C=O) groups excluding carboxylic acids is 1. The van der Waals surface area contributed by atoms with Gasteiger partial charge >= 0.3 is 0 Å². The summed E-state index contributed by atoms with van der Waals surface area (Å²) in [6.07, 6.45) is 4.05. The van der Waals surface area contributed by atoms with Crippen molar-refractivity contribution in [1.82, 2.24) is 0 Å². The molecule has 0 fully saturated rings. The molecule has 23 heavy (non-hydrogen) atoms. The van der Waals surface area contributed by atoms with Crippen molar-refractivity contribution in [2.75, 3.05) is 4.90 Å². The number of carbonyl (C=O) groups is 1. The Kier molecular flexibility index (Phi) is 3.93. The molecule has 1 aliphatic rings. The first-order chi connectivity index (χ1) is 11.1. The highest BCUT2D eigenvalue weighted by Gasteiger charge is 2.29. The minimum absolute atomic E-state index is 0.0376. The number of benzene rings is 2. The van der Waals surface area contributed by atoms with Crippen LogP contribution in [0.4, 0.5) is 11.4 Å². The van der Waals surface area contributed by atoms with Gasteiger partial charge in [0.25, 0.3) is 11.6 Å². The first kappa shape index (κ1) is 15.0. The number of hydrogen-bond donors (Lipinski definition) is 0. The molecule has 1 aliphatic heterocycles. The van der Waals surface area contributed by atoms with E-state index in [9.17, 15) is 14.9 Å². The van der Waals surface area contributed by atoms with Crippen molar-refractivity contribution >= 4 is 23.4 Å². The van der Waals surface area contributed by atoms with Gasteiger partial charge in [0.2, 0.25) is 0 Å². The van der Waals surface area contributed by atoms with E-state index < -0.39 is 4.92 Å². The average Bonchev–Trinajstić information content (AvgIpc) is 2.88. The fraction of sp³-hybridized carbons (Fsp3) is 0.167. The van der Waals surface area contributed by atoms with Crippen LogP contribution in [0.3, 0.4) is 0 Å². The number of rotatable bonds is 3. The second-order valence-electron chi connectivity index (χ2n) is 5.57. The number of non-ortho nitro benzene ring substituents is 1. The Morgan fingerprint density at radius 3 is 2.61 bits per heavy atom. The highest BCUT2D eigenvalue weighted by molar-refractivity contribution is 6.05. The van der Waals surface area contributed by atoms with Gasteiger partial charge in [0.1, 0.15) is 0 Å². The second kappa shape index (κ2) is 6.04. The lowest BCUT2D eigenvalue weighted by Crippen LogP contribution is -2.34. The monoisotopic (exact) mass is 308 g/mol. The van der Waals surface area contributed by atoms with Crippen molar-refractivity contribution in [3.63, 3.8) is 0 Å². The van der Waals surface area contributed by atoms with Crippen LogP contribution in [0, 0.1) is 10.1 Å². The van der Waals surface area contributed by atoms with Crippen molar-refractivity contribution < 1.29 is 9.72 Å². The van der Waals surface area contributed by atoms with Gasteiger partial charge in [0.05, 0.1) is 4.92 Å². The Balaban J connectivity index is 1.78. The molecular formula is C18H16N2O3. The smallest absolute Gasteiger partial charge is 0.269 e. The Bertz CT molecular complexity index is 781. The summed E-state index contributed by atoms with van der Waals surface area (Å²) in [5, 5.41) is 10.6. The SMILES string of the molecule is C[C@@H]1Cc2ccccc2N1C(=O)/C=C/c1ccc([N+](=O)[O-])cc1. The number of anilines is 1. The van der Waals surface area contributed by atoms with Crippen LogP contribution in [0.15, 0.2) is 54.6 Å². The molecule has 0 saturated heterocycles. The maximum absolute atomic E-state index is 12.5. The summed E-state index contributed by atoms with van der Waals surface area (Å²) in [6, 6.07) is 14.1. The molecule has 0 radical (unpaired) electrons. The minimum atomic E-state index is -0.443. The average molecular weight is 308 g/mol. The lowest BCUT2D eigenvalue weighted by atomic mass is 10.1. The predicted molar refractivity (Wildman–Crippen MR) is 89.2 cm³/mol. The zero-order chi connectivity index (χ0) is 16.4. The Morgan fingerprint density at radius 1 is 1.22 bits per heavy atom.